The monoisotopic (exact) mass is 323 g/mol. The zero-order valence-electron chi connectivity index (χ0n) is 10.6. The van der Waals surface area contributed by atoms with E-state index in [2.05, 4.69) is 15.9 Å². The number of ether oxygens (including phenoxy) is 1. The summed E-state index contributed by atoms with van der Waals surface area (Å²) in [4.78, 5) is 14.2. The maximum atomic E-state index is 12.4. The average molecular weight is 324 g/mol. The predicted molar refractivity (Wildman–Crippen MR) is 75.2 cm³/mol. The topological polar surface area (TPSA) is 42.7 Å². The number of morpholine rings is 1. The molecule has 0 N–H and O–H groups in total. The van der Waals surface area contributed by atoms with Gasteiger partial charge in [-0.15, -0.1) is 0 Å². The Morgan fingerprint density at radius 1 is 1.47 bits per heavy atom. The molecule has 0 radical (unpaired) electrons. The summed E-state index contributed by atoms with van der Waals surface area (Å²) in [5.41, 5.74) is 0.715. The number of rotatable bonds is 1. The number of carbonyl (C=O) groups excluding carboxylic acids is 1. The minimum atomic E-state index is -0.0711. The second-order valence-corrected chi connectivity index (χ2v) is 5.56. The van der Waals surface area contributed by atoms with E-state index >= 15 is 0 Å². The van der Waals surface area contributed by atoms with E-state index in [0.29, 0.717) is 31.0 Å². The molecule has 1 aliphatic rings. The largest absolute Gasteiger partial charge is 0.450 e. The van der Waals surface area contributed by atoms with Gasteiger partial charge in [0.2, 0.25) is 0 Å². The number of fused-ring (bicyclic) bond motifs is 1. The molecule has 1 aliphatic heterocycles. The van der Waals surface area contributed by atoms with Gasteiger partial charge in [-0.3, -0.25) is 4.79 Å². The van der Waals surface area contributed by atoms with Crippen molar-refractivity contribution in [3.63, 3.8) is 0 Å². The van der Waals surface area contributed by atoms with Crippen molar-refractivity contribution in [3.8, 4) is 0 Å². The minimum Gasteiger partial charge on any atom is -0.450 e. The fraction of sp³-hybridized carbons (Fsp3) is 0.357. The van der Waals surface area contributed by atoms with Crippen LogP contribution in [0.2, 0.25) is 0 Å². The first kappa shape index (κ1) is 12.7. The van der Waals surface area contributed by atoms with Gasteiger partial charge in [-0.05, 0) is 35.0 Å². The Balaban J connectivity index is 1.91. The molecule has 1 amide bonds. The van der Waals surface area contributed by atoms with Crippen LogP contribution in [-0.4, -0.2) is 36.6 Å². The van der Waals surface area contributed by atoms with Crippen molar-refractivity contribution in [2.24, 2.45) is 0 Å². The lowest BCUT2D eigenvalue weighted by atomic mass is 10.2. The van der Waals surface area contributed by atoms with E-state index in [0.717, 1.165) is 9.86 Å². The van der Waals surface area contributed by atoms with Gasteiger partial charge in [-0.25, -0.2) is 0 Å². The first-order valence-corrected chi connectivity index (χ1v) is 7.03. The van der Waals surface area contributed by atoms with E-state index in [9.17, 15) is 4.79 Å². The predicted octanol–water partition coefficient (Wildman–Crippen LogP) is 3.06. The fourth-order valence-electron chi connectivity index (χ4n) is 2.29. The normalized spacial score (nSPS) is 19.9. The van der Waals surface area contributed by atoms with Gasteiger partial charge < -0.3 is 14.1 Å². The summed E-state index contributed by atoms with van der Waals surface area (Å²) in [5.74, 6) is 0.314. The highest BCUT2D eigenvalue weighted by Gasteiger charge is 2.25. The second kappa shape index (κ2) is 4.98. The number of hydrogen-bond donors (Lipinski definition) is 0. The quantitative estimate of drug-likeness (QED) is 0.810. The summed E-state index contributed by atoms with van der Waals surface area (Å²) in [6.07, 6.45) is 0.0776. The fourth-order valence-corrected chi connectivity index (χ4v) is 2.75. The molecule has 0 aliphatic carbocycles. The van der Waals surface area contributed by atoms with E-state index in [1.165, 1.54) is 0 Å². The molecular weight excluding hydrogens is 310 g/mol. The van der Waals surface area contributed by atoms with Gasteiger partial charge in [0, 0.05) is 18.5 Å². The molecule has 100 valence electrons. The Labute approximate surface area is 119 Å². The van der Waals surface area contributed by atoms with Gasteiger partial charge in [-0.2, -0.15) is 0 Å². The molecule has 1 aromatic heterocycles. The SMILES string of the molecule is CC1CN(C(=O)c2cc3cccc(Br)c3o2)CCO1. The van der Waals surface area contributed by atoms with Crippen LogP contribution in [0.1, 0.15) is 17.5 Å². The second-order valence-electron chi connectivity index (χ2n) is 4.70. The standard InChI is InChI=1S/C14H14BrNO3/c1-9-8-16(5-6-18-9)14(17)12-7-10-3-2-4-11(15)13(10)19-12/h2-4,7,9H,5-6,8H2,1H3. The van der Waals surface area contributed by atoms with Crippen molar-refractivity contribution in [1.29, 1.82) is 0 Å². The summed E-state index contributed by atoms with van der Waals surface area (Å²) >= 11 is 3.43. The van der Waals surface area contributed by atoms with Crippen LogP contribution < -0.4 is 0 Å². The highest BCUT2D eigenvalue weighted by molar-refractivity contribution is 9.10. The van der Waals surface area contributed by atoms with Crippen LogP contribution in [-0.2, 0) is 4.74 Å². The summed E-state index contributed by atoms with van der Waals surface area (Å²) in [7, 11) is 0. The first-order chi connectivity index (χ1) is 9.15. The van der Waals surface area contributed by atoms with Gasteiger partial charge in [0.05, 0.1) is 17.2 Å². The number of halogens is 1. The average Bonchev–Trinajstić information content (AvgIpc) is 2.83. The number of amides is 1. The molecule has 0 spiro atoms. The number of benzene rings is 1. The van der Waals surface area contributed by atoms with Crippen LogP contribution in [0.4, 0.5) is 0 Å². The smallest absolute Gasteiger partial charge is 0.289 e. The van der Waals surface area contributed by atoms with Gasteiger partial charge in [0.15, 0.2) is 5.76 Å². The number of para-hydroxylation sites is 1. The van der Waals surface area contributed by atoms with Crippen LogP contribution in [0.5, 0.6) is 0 Å². The molecule has 5 heteroatoms. The lowest BCUT2D eigenvalue weighted by Gasteiger charge is -2.30. The van der Waals surface area contributed by atoms with Crippen LogP contribution in [0.3, 0.4) is 0 Å². The molecule has 2 aromatic rings. The summed E-state index contributed by atoms with van der Waals surface area (Å²) < 4.78 is 12.0. The van der Waals surface area contributed by atoms with E-state index in [-0.39, 0.29) is 12.0 Å². The molecule has 1 unspecified atom stereocenters. The van der Waals surface area contributed by atoms with Gasteiger partial charge in [-0.1, -0.05) is 12.1 Å². The van der Waals surface area contributed by atoms with E-state index in [1.54, 1.807) is 11.0 Å². The minimum absolute atomic E-state index is 0.0711. The Bertz CT molecular complexity index is 622. The lowest BCUT2D eigenvalue weighted by molar-refractivity contribution is -0.0134. The molecule has 1 atom stereocenters. The van der Waals surface area contributed by atoms with Crippen molar-refractivity contribution in [2.45, 2.75) is 13.0 Å². The molecular formula is C14H14BrNO3. The van der Waals surface area contributed by atoms with Crippen molar-refractivity contribution < 1.29 is 13.9 Å². The third-order valence-corrected chi connectivity index (χ3v) is 3.86. The molecule has 1 saturated heterocycles. The molecule has 19 heavy (non-hydrogen) atoms. The van der Waals surface area contributed by atoms with Crippen molar-refractivity contribution >= 4 is 32.8 Å². The number of furan rings is 1. The van der Waals surface area contributed by atoms with Crippen LogP contribution in [0.15, 0.2) is 33.2 Å². The van der Waals surface area contributed by atoms with Crippen LogP contribution in [0.25, 0.3) is 11.0 Å². The Morgan fingerprint density at radius 3 is 3.05 bits per heavy atom. The Morgan fingerprint density at radius 2 is 2.32 bits per heavy atom. The molecule has 1 fully saturated rings. The maximum Gasteiger partial charge on any atom is 0.289 e. The molecule has 0 bridgehead atoms. The number of nitrogens with zero attached hydrogens (tertiary/aromatic N) is 1. The Kier molecular flexibility index (Phi) is 3.33. The lowest BCUT2D eigenvalue weighted by Crippen LogP contribution is -2.44. The number of carbonyl (C=O) groups is 1. The first-order valence-electron chi connectivity index (χ1n) is 6.24. The highest BCUT2D eigenvalue weighted by Crippen LogP contribution is 2.27. The van der Waals surface area contributed by atoms with Crippen molar-refractivity contribution in [3.05, 3.63) is 34.5 Å². The van der Waals surface area contributed by atoms with Crippen LogP contribution >= 0.6 is 15.9 Å². The summed E-state index contributed by atoms with van der Waals surface area (Å²) in [6.45, 7) is 3.77. The Hall–Kier alpha value is -1.33. The zero-order chi connectivity index (χ0) is 13.4. The van der Waals surface area contributed by atoms with E-state index < -0.39 is 0 Å². The third kappa shape index (κ3) is 2.40. The van der Waals surface area contributed by atoms with Crippen molar-refractivity contribution in [1.82, 2.24) is 4.90 Å². The summed E-state index contributed by atoms with van der Waals surface area (Å²) in [5, 5.41) is 0.930. The molecule has 4 nitrogen and oxygen atoms in total. The van der Waals surface area contributed by atoms with E-state index in [4.69, 9.17) is 9.15 Å². The van der Waals surface area contributed by atoms with Crippen LogP contribution in [0, 0.1) is 0 Å². The van der Waals surface area contributed by atoms with Gasteiger partial charge in [0.25, 0.3) is 5.91 Å². The van der Waals surface area contributed by atoms with Gasteiger partial charge in [0.1, 0.15) is 5.58 Å². The zero-order valence-corrected chi connectivity index (χ0v) is 12.1. The molecule has 1 aromatic carbocycles. The summed E-state index contributed by atoms with van der Waals surface area (Å²) in [6, 6.07) is 7.55. The van der Waals surface area contributed by atoms with E-state index in [1.807, 2.05) is 25.1 Å². The third-order valence-electron chi connectivity index (χ3n) is 3.24. The van der Waals surface area contributed by atoms with Crippen molar-refractivity contribution in [2.75, 3.05) is 19.7 Å². The highest BCUT2D eigenvalue weighted by atomic mass is 79.9. The molecule has 0 saturated carbocycles. The molecule has 2 heterocycles. The van der Waals surface area contributed by atoms with Gasteiger partial charge >= 0.3 is 0 Å². The molecule has 3 rings (SSSR count). The maximum absolute atomic E-state index is 12.4. The number of hydrogen-bond acceptors (Lipinski definition) is 3.